The highest BCUT2D eigenvalue weighted by atomic mass is 19.1. The maximum atomic E-state index is 14.5. The average Bonchev–Trinajstić information content (AvgIpc) is 2.57. The molecule has 4 N–H and O–H groups in total. The van der Waals surface area contributed by atoms with E-state index in [4.69, 9.17) is 11.1 Å². The number of nitrogens with two attached hydrogens (primary N) is 1. The first-order chi connectivity index (χ1) is 11.9. The van der Waals surface area contributed by atoms with Crippen LogP contribution in [0.5, 0.6) is 0 Å². The minimum Gasteiger partial charge on any atom is -0.383 e. The van der Waals surface area contributed by atoms with Gasteiger partial charge in [-0.05, 0) is 38.2 Å². The summed E-state index contributed by atoms with van der Waals surface area (Å²) in [7, 11) is 2.08. The molecule has 1 aromatic carbocycles. The predicted molar refractivity (Wildman–Crippen MR) is 101 cm³/mol. The summed E-state index contributed by atoms with van der Waals surface area (Å²) in [5.41, 5.74) is 8.61. The van der Waals surface area contributed by atoms with Crippen LogP contribution < -0.4 is 16.0 Å². The van der Waals surface area contributed by atoms with Crippen molar-refractivity contribution in [2.45, 2.75) is 6.92 Å². The van der Waals surface area contributed by atoms with E-state index >= 15 is 0 Å². The Bertz CT molecular complexity index is 783. The van der Waals surface area contributed by atoms with Crippen LogP contribution in [-0.4, -0.2) is 48.8 Å². The number of likely N-dealkylation sites (N-methyl/N-ethyl adjacent to an activating group) is 1. The third kappa shape index (κ3) is 3.88. The lowest BCUT2D eigenvalue weighted by molar-refractivity contribution is 0.311. The van der Waals surface area contributed by atoms with Crippen LogP contribution in [0.1, 0.15) is 12.5 Å². The van der Waals surface area contributed by atoms with Gasteiger partial charge in [-0.3, -0.25) is 0 Å². The van der Waals surface area contributed by atoms with Gasteiger partial charge in [0.15, 0.2) is 0 Å². The van der Waals surface area contributed by atoms with Crippen molar-refractivity contribution in [3.05, 3.63) is 41.8 Å². The lowest BCUT2D eigenvalue weighted by atomic mass is 10.1. The molecule has 25 heavy (non-hydrogen) atoms. The molecule has 0 saturated carbocycles. The average molecular weight is 342 g/mol. The van der Waals surface area contributed by atoms with Gasteiger partial charge in [-0.1, -0.05) is 0 Å². The highest BCUT2D eigenvalue weighted by molar-refractivity contribution is 6.01. The number of nitrogens with zero attached hydrogens (tertiary/aromatic N) is 3. The molecular weight excluding hydrogens is 319 g/mol. The van der Waals surface area contributed by atoms with Crippen molar-refractivity contribution in [2.75, 3.05) is 49.2 Å². The minimum atomic E-state index is -0.249. The molecule has 0 bridgehead atoms. The van der Waals surface area contributed by atoms with Gasteiger partial charge in [-0.2, -0.15) is 0 Å². The van der Waals surface area contributed by atoms with Crippen LogP contribution >= 0.6 is 0 Å². The Balaban J connectivity index is 1.77. The van der Waals surface area contributed by atoms with Crippen LogP contribution in [0, 0.1) is 11.2 Å². The van der Waals surface area contributed by atoms with Gasteiger partial charge in [0, 0.05) is 43.1 Å². The Morgan fingerprint density at radius 1 is 1.20 bits per heavy atom. The highest BCUT2D eigenvalue weighted by Crippen LogP contribution is 2.26. The van der Waals surface area contributed by atoms with E-state index in [0.717, 1.165) is 26.2 Å². The summed E-state index contributed by atoms with van der Waals surface area (Å²) in [5.74, 6) is 0.0658. The molecule has 1 fully saturated rings. The molecule has 0 unspecified atom stereocenters. The van der Waals surface area contributed by atoms with Gasteiger partial charge in [0.1, 0.15) is 11.6 Å². The molecule has 132 valence electrons. The molecule has 3 rings (SSSR count). The number of aromatic nitrogens is 1. The Morgan fingerprint density at radius 3 is 2.56 bits per heavy atom. The van der Waals surface area contributed by atoms with Gasteiger partial charge < -0.3 is 26.3 Å². The first kappa shape index (κ1) is 17.2. The first-order valence-electron chi connectivity index (χ1n) is 8.25. The number of nitrogen functional groups attached to an aromatic ring is 1. The van der Waals surface area contributed by atoms with Crippen LogP contribution in [0.4, 0.5) is 27.3 Å². The summed E-state index contributed by atoms with van der Waals surface area (Å²) in [4.78, 5) is 8.39. The fourth-order valence-electron chi connectivity index (χ4n) is 2.90. The maximum absolute atomic E-state index is 14.5. The largest absolute Gasteiger partial charge is 0.383 e. The van der Waals surface area contributed by atoms with Crippen molar-refractivity contribution in [1.82, 2.24) is 9.88 Å². The topological polar surface area (TPSA) is 81.3 Å². The number of nitrogens with one attached hydrogen (secondary N) is 2. The summed E-state index contributed by atoms with van der Waals surface area (Å²) in [6.07, 6.45) is 1.58. The molecule has 0 aliphatic carbocycles. The molecule has 0 spiro atoms. The Labute approximate surface area is 147 Å². The molecule has 2 heterocycles. The van der Waals surface area contributed by atoms with Crippen LogP contribution in [0.2, 0.25) is 0 Å². The van der Waals surface area contributed by atoms with Gasteiger partial charge >= 0.3 is 0 Å². The zero-order chi connectivity index (χ0) is 18.0. The van der Waals surface area contributed by atoms with Crippen molar-refractivity contribution in [2.24, 2.45) is 0 Å². The van der Waals surface area contributed by atoms with E-state index in [0.29, 0.717) is 34.2 Å². The van der Waals surface area contributed by atoms with Crippen molar-refractivity contribution >= 4 is 28.6 Å². The lowest BCUT2D eigenvalue weighted by Crippen LogP contribution is -2.44. The van der Waals surface area contributed by atoms with Crippen molar-refractivity contribution in [3.8, 4) is 0 Å². The van der Waals surface area contributed by atoms with E-state index in [9.17, 15) is 4.39 Å². The van der Waals surface area contributed by atoms with Gasteiger partial charge in [-0.25, -0.2) is 9.37 Å². The highest BCUT2D eigenvalue weighted by Gasteiger charge is 2.17. The number of halogens is 1. The summed E-state index contributed by atoms with van der Waals surface area (Å²) < 4.78 is 14.5. The quantitative estimate of drug-likeness (QED) is 0.744. The first-order valence-corrected chi connectivity index (χ1v) is 8.25. The smallest absolute Gasteiger partial charge is 0.148 e. The number of hydrogen-bond acceptors (Lipinski definition) is 6. The van der Waals surface area contributed by atoms with E-state index in [1.165, 1.54) is 6.07 Å². The van der Waals surface area contributed by atoms with E-state index in [1.54, 1.807) is 25.3 Å². The molecular formula is C18H23FN6. The molecule has 6 nitrogen and oxygen atoms in total. The van der Waals surface area contributed by atoms with Crippen LogP contribution in [0.15, 0.2) is 30.5 Å². The number of piperazine rings is 1. The number of hydrogen-bond donors (Lipinski definition) is 3. The molecule has 1 aromatic heterocycles. The Morgan fingerprint density at radius 2 is 1.92 bits per heavy atom. The van der Waals surface area contributed by atoms with Gasteiger partial charge in [0.25, 0.3) is 0 Å². The van der Waals surface area contributed by atoms with E-state index < -0.39 is 0 Å². The Hall–Kier alpha value is -2.67. The molecule has 1 saturated heterocycles. The molecule has 1 aliphatic heterocycles. The molecule has 7 heteroatoms. The van der Waals surface area contributed by atoms with Gasteiger partial charge in [0.2, 0.25) is 0 Å². The predicted octanol–water partition coefficient (Wildman–Crippen LogP) is 2.69. The van der Waals surface area contributed by atoms with Crippen LogP contribution in [-0.2, 0) is 0 Å². The zero-order valence-electron chi connectivity index (χ0n) is 14.5. The van der Waals surface area contributed by atoms with E-state index in [1.807, 2.05) is 6.07 Å². The molecule has 2 aromatic rings. The molecule has 0 amide bonds. The van der Waals surface area contributed by atoms with Crippen LogP contribution in [0.25, 0.3) is 0 Å². The lowest BCUT2D eigenvalue weighted by Gasteiger charge is -2.34. The fraction of sp³-hybridized carbons (Fsp3) is 0.333. The number of anilines is 4. The zero-order valence-corrected chi connectivity index (χ0v) is 14.5. The van der Waals surface area contributed by atoms with Crippen molar-refractivity contribution < 1.29 is 4.39 Å². The summed E-state index contributed by atoms with van der Waals surface area (Å²) in [6, 6.07) is 6.89. The van der Waals surface area contributed by atoms with Gasteiger partial charge in [-0.15, -0.1) is 0 Å². The molecule has 1 aliphatic rings. The van der Waals surface area contributed by atoms with E-state index in [-0.39, 0.29) is 5.82 Å². The summed E-state index contributed by atoms with van der Waals surface area (Å²) in [5, 5.41) is 10.8. The minimum absolute atomic E-state index is 0.249. The summed E-state index contributed by atoms with van der Waals surface area (Å²) in [6.45, 7) is 5.17. The molecule has 0 atom stereocenters. The van der Waals surface area contributed by atoms with Crippen LogP contribution in [0.3, 0.4) is 0 Å². The van der Waals surface area contributed by atoms with Crippen molar-refractivity contribution in [3.63, 3.8) is 0 Å². The van der Waals surface area contributed by atoms with Gasteiger partial charge in [0.05, 0.1) is 17.6 Å². The normalized spacial score (nSPS) is 15.2. The summed E-state index contributed by atoms with van der Waals surface area (Å²) >= 11 is 0. The molecule has 0 radical (unpaired) electrons. The second-order valence-corrected chi connectivity index (χ2v) is 6.36. The maximum Gasteiger partial charge on any atom is 0.148 e. The fourth-order valence-corrected chi connectivity index (χ4v) is 2.90. The standard InChI is InChI=1S/C18H23FN6/c1-12(20)15-9-14(11-22-18(15)21)23-13-3-4-17(16(19)10-13)25-7-5-24(2)6-8-25/h3-4,9-11,20,23H,5-8H2,1-2H3,(H2,21,22). The second kappa shape index (κ2) is 7.06. The third-order valence-corrected chi connectivity index (χ3v) is 4.40. The number of benzene rings is 1. The number of pyridine rings is 1. The Kier molecular flexibility index (Phi) is 4.85. The number of rotatable bonds is 4. The SMILES string of the molecule is CC(=N)c1cc(Nc2ccc(N3CCN(C)CC3)c(F)c2)cnc1N. The van der Waals surface area contributed by atoms with Crippen molar-refractivity contribution in [1.29, 1.82) is 5.41 Å². The van der Waals surface area contributed by atoms with E-state index in [2.05, 4.69) is 27.1 Å². The monoisotopic (exact) mass is 342 g/mol. The second-order valence-electron chi connectivity index (χ2n) is 6.36. The third-order valence-electron chi connectivity index (χ3n) is 4.40.